The largest absolute Gasteiger partial charge is 0.494 e. The van der Waals surface area contributed by atoms with Crippen LogP contribution < -0.4 is 10.5 Å². The molecule has 3 aromatic carbocycles. The summed E-state index contributed by atoms with van der Waals surface area (Å²) in [5, 5.41) is 0. The fraction of sp³-hybridized carbons (Fsp3) is 0.174. The van der Waals surface area contributed by atoms with Crippen molar-refractivity contribution in [1.82, 2.24) is 9.55 Å². The second kappa shape index (κ2) is 7.54. The molecule has 4 nitrogen and oxygen atoms in total. The fourth-order valence-corrected chi connectivity index (χ4v) is 3.20. The van der Waals surface area contributed by atoms with Crippen molar-refractivity contribution >= 4 is 16.7 Å². The van der Waals surface area contributed by atoms with Crippen molar-refractivity contribution in [1.29, 1.82) is 0 Å². The van der Waals surface area contributed by atoms with E-state index in [-0.39, 0.29) is 0 Å². The molecule has 0 bridgehead atoms. The molecule has 0 radical (unpaired) electrons. The van der Waals surface area contributed by atoms with E-state index >= 15 is 0 Å². The molecule has 4 aromatic rings. The second-order valence-corrected chi connectivity index (χ2v) is 6.71. The third-order valence-corrected chi connectivity index (χ3v) is 4.64. The predicted octanol–water partition coefficient (Wildman–Crippen LogP) is 5.06. The number of hydrogen-bond acceptors (Lipinski definition) is 3. The molecule has 0 unspecified atom stereocenters. The monoisotopic (exact) mass is 357 g/mol. The number of rotatable bonds is 6. The van der Waals surface area contributed by atoms with Crippen LogP contribution in [0, 0.1) is 6.92 Å². The van der Waals surface area contributed by atoms with Gasteiger partial charge in [-0.1, -0.05) is 29.8 Å². The summed E-state index contributed by atoms with van der Waals surface area (Å²) in [7, 11) is 0. The summed E-state index contributed by atoms with van der Waals surface area (Å²) in [5.41, 5.74) is 11.0. The molecule has 0 atom stereocenters. The van der Waals surface area contributed by atoms with Gasteiger partial charge in [0.15, 0.2) is 0 Å². The lowest BCUT2D eigenvalue weighted by Gasteiger charge is -2.11. The Kier molecular flexibility index (Phi) is 4.79. The summed E-state index contributed by atoms with van der Waals surface area (Å²) in [6, 6.07) is 24.3. The number of nitrogens with two attached hydrogens (primary N) is 1. The van der Waals surface area contributed by atoms with Crippen molar-refractivity contribution in [3.63, 3.8) is 0 Å². The van der Waals surface area contributed by atoms with Crippen LogP contribution in [0.25, 0.3) is 22.4 Å². The molecular weight excluding hydrogens is 334 g/mol. The van der Waals surface area contributed by atoms with Crippen LogP contribution in [0.2, 0.25) is 0 Å². The molecule has 0 spiro atoms. The van der Waals surface area contributed by atoms with Crippen LogP contribution in [-0.4, -0.2) is 16.2 Å². The van der Waals surface area contributed by atoms with Crippen LogP contribution in [0.1, 0.15) is 12.0 Å². The minimum absolute atomic E-state index is 0.663. The number of fused-ring (bicyclic) bond motifs is 1. The molecule has 0 fully saturated rings. The number of benzene rings is 3. The average Bonchev–Trinajstić information content (AvgIpc) is 3.06. The van der Waals surface area contributed by atoms with Gasteiger partial charge >= 0.3 is 0 Å². The maximum absolute atomic E-state index is 5.88. The number of aromatic nitrogens is 2. The van der Waals surface area contributed by atoms with E-state index < -0.39 is 0 Å². The Labute approximate surface area is 159 Å². The highest BCUT2D eigenvalue weighted by Gasteiger charge is 2.12. The van der Waals surface area contributed by atoms with E-state index in [1.807, 2.05) is 42.5 Å². The zero-order chi connectivity index (χ0) is 18.6. The Balaban J connectivity index is 1.53. The van der Waals surface area contributed by atoms with Crippen LogP contribution in [-0.2, 0) is 6.54 Å². The third-order valence-electron chi connectivity index (χ3n) is 4.64. The Bertz CT molecular complexity index is 1030. The van der Waals surface area contributed by atoms with Crippen molar-refractivity contribution in [3.8, 4) is 17.1 Å². The topological polar surface area (TPSA) is 53.1 Å². The molecular formula is C23H23N3O. The lowest BCUT2D eigenvalue weighted by molar-refractivity contribution is 0.303. The molecule has 0 aliphatic heterocycles. The van der Waals surface area contributed by atoms with E-state index in [0.717, 1.165) is 46.8 Å². The van der Waals surface area contributed by atoms with Crippen LogP contribution in [0.15, 0.2) is 72.8 Å². The van der Waals surface area contributed by atoms with Crippen molar-refractivity contribution in [3.05, 3.63) is 78.4 Å². The van der Waals surface area contributed by atoms with Gasteiger partial charge in [0.25, 0.3) is 0 Å². The van der Waals surface area contributed by atoms with Gasteiger partial charge in [-0.25, -0.2) is 4.98 Å². The van der Waals surface area contributed by atoms with Crippen molar-refractivity contribution in [2.45, 2.75) is 19.9 Å². The zero-order valence-electron chi connectivity index (χ0n) is 15.4. The number of nitrogen functional groups attached to an aromatic ring is 1. The predicted molar refractivity (Wildman–Crippen MR) is 111 cm³/mol. The normalized spacial score (nSPS) is 11.0. The van der Waals surface area contributed by atoms with E-state index in [2.05, 4.69) is 41.8 Å². The molecule has 4 heteroatoms. The number of imidazole rings is 1. The molecule has 0 aliphatic rings. The summed E-state index contributed by atoms with van der Waals surface area (Å²) in [6.07, 6.45) is 0.899. The van der Waals surface area contributed by atoms with Gasteiger partial charge in [-0.05, 0) is 61.9 Å². The second-order valence-electron chi connectivity index (χ2n) is 6.71. The quantitative estimate of drug-likeness (QED) is 0.387. The minimum atomic E-state index is 0.663. The third kappa shape index (κ3) is 3.80. The summed E-state index contributed by atoms with van der Waals surface area (Å²) < 4.78 is 8.15. The molecule has 0 aliphatic carbocycles. The highest BCUT2D eigenvalue weighted by Crippen LogP contribution is 2.26. The smallest absolute Gasteiger partial charge is 0.141 e. The van der Waals surface area contributed by atoms with E-state index in [0.29, 0.717) is 6.61 Å². The first-order valence-corrected chi connectivity index (χ1v) is 9.21. The van der Waals surface area contributed by atoms with Crippen LogP contribution in [0.4, 0.5) is 5.69 Å². The number of para-hydroxylation sites is 2. The van der Waals surface area contributed by atoms with Gasteiger partial charge in [0.05, 0.1) is 17.6 Å². The highest BCUT2D eigenvalue weighted by atomic mass is 16.5. The molecule has 1 aromatic heterocycles. The van der Waals surface area contributed by atoms with Gasteiger partial charge in [0.2, 0.25) is 0 Å². The van der Waals surface area contributed by atoms with Crippen molar-refractivity contribution in [2.75, 3.05) is 12.3 Å². The average molecular weight is 357 g/mol. The van der Waals surface area contributed by atoms with Gasteiger partial charge in [-0.3, -0.25) is 0 Å². The first-order valence-electron chi connectivity index (χ1n) is 9.21. The standard InChI is InChI=1S/C23H23N3O/c1-17-7-13-20(14-8-17)27-16-4-15-26-22-6-3-2-5-21(22)25-23(26)18-9-11-19(24)12-10-18/h2-3,5-14H,4,15-16,24H2,1H3. The van der Waals surface area contributed by atoms with E-state index in [4.69, 9.17) is 15.5 Å². The van der Waals surface area contributed by atoms with Gasteiger partial charge in [0, 0.05) is 17.8 Å². The molecule has 4 rings (SSSR count). The number of nitrogens with zero attached hydrogens (tertiary/aromatic N) is 2. The van der Waals surface area contributed by atoms with Crippen LogP contribution in [0.5, 0.6) is 5.75 Å². The Morgan fingerprint density at radius 1 is 0.926 bits per heavy atom. The number of hydrogen-bond donors (Lipinski definition) is 1. The molecule has 136 valence electrons. The summed E-state index contributed by atoms with van der Waals surface area (Å²) in [4.78, 5) is 4.84. The van der Waals surface area contributed by atoms with Crippen molar-refractivity contribution in [2.24, 2.45) is 0 Å². The van der Waals surface area contributed by atoms with Gasteiger partial charge in [0.1, 0.15) is 11.6 Å². The SMILES string of the molecule is Cc1ccc(OCCCn2c(-c3ccc(N)cc3)nc3ccccc32)cc1. The number of ether oxygens (including phenoxy) is 1. The first kappa shape index (κ1) is 17.2. The van der Waals surface area contributed by atoms with E-state index in [9.17, 15) is 0 Å². The summed E-state index contributed by atoms with van der Waals surface area (Å²) >= 11 is 0. The first-order chi connectivity index (χ1) is 13.2. The zero-order valence-corrected chi connectivity index (χ0v) is 15.4. The molecule has 1 heterocycles. The van der Waals surface area contributed by atoms with Crippen LogP contribution >= 0.6 is 0 Å². The Hall–Kier alpha value is -3.27. The fourth-order valence-electron chi connectivity index (χ4n) is 3.20. The Morgan fingerprint density at radius 2 is 1.67 bits per heavy atom. The van der Waals surface area contributed by atoms with E-state index in [1.54, 1.807) is 0 Å². The van der Waals surface area contributed by atoms with Gasteiger partial charge < -0.3 is 15.0 Å². The molecule has 0 saturated heterocycles. The minimum Gasteiger partial charge on any atom is -0.494 e. The molecule has 2 N–H and O–H groups in total. The lowest BCUT2D eigenvalue weighted by Crippen LogP contribution is -2.06. The molecule has 27 heavy (non-hydrogen) atoms. The highest BCUT2D eigenvalue weighted by molar-refractivity contribution is 5.80. The summed E-state index contributed by atoms with van der Waals surface area (Å²) in [5.74, 6) is 1.88. The van der Waals surface area contributed by atoms with Gasteiger partial charge in [-0.2, -0.15) is 0 Å². The maximum atomic E-state index is 5.88. The number of anilines is 1. The maximum Gasteiger partial charge on any atom is 0.141 e. The van der Waals surface area contributed by atoms with Gasteiger partial charge in [-0.15, -0.1) is 0 Å². The molecule has 0 saturated carbocycles. The van der Waals surface area contributed by atoms with E-state index in [1.165, 1.54) is 5.56 Å². The van der Waals surface area contributed by atoms with Crippen molar-refractivity contribution < 1.29 is 4.74 Å². The summed E-state index contributed by atoms with van der Waals surface area (Å²) in [6.45, 7) is 3.58. The lowest BCUT2D eigenvalue weighted by atomic mass is 10.2. The Morgan fingerprint density at radius 3 is 2.44 bits per heavy atom. The van der Waals surface area contributed by atoms with Crippen LogP contribution in [0.3, 0.4) is 0 Å². The molecule has 0 amide bonds. The number of aryl methyl sites for hydroxylation is 2.